The van der Waals surface area contributed by atoms with Crippen molar-refractivity contribution in [1.29, 1.82) is 10.8 Å². The maximum absolute atomic E-state index is 7.69. The zero-order valence-corrected chi connectivity index (χ0v) is 25.7. The van der Waals surface area contributed by atoms with Gasteiger partial charge in [0.1, 0.15) is 0 Å². The van der Waals surface area contributed by atoms with Crippen LogP contribution in [-0.4, -0.2) is 16.4 Å². The molecule has 7 aromatic rings. The first-order chi connectivity index (χ1) is 23.1. The number of aromatic nitrogens is 1. The van der Waals surface area contributed by atoms with E-state index in [-0.39, 0.29) is 11.4 Å². The predicted octanol–water partition coefficient (Wildman–Crippen LogP) is 10.7. The third-order valence-electron chi connectivity index (χ3n) is 8.39. The average molecular weight is 605 g/mol. The number of anilines is 1. The van der Waals surface area contributed by atoms with Gasteiger partial charge >= 0.3 is 0 Å². The van der Waals surface area contributed by atoms with Gasteiger partial charge in [0.25, 0.3) is 0 Å². The quantitative estimate of drug-likeness (QED) is 0.106. The second-order valence-corrected chi connectivity index (χ2v) is 11.4. The standard InChI is InChI=1S/C26H19N.C17H13N3/c27-20-16-14-19(15-17-20)26-23-12-6-4-10-21(23)25(18-8-2-1-3-9-18)22-11-5-7-13-24(22)26;18-15-9-8-14(11-16(15)19)12-4-6-13(7-5-12)17-3-1-2-10-20-17/h1-17H,27H2;1-11,18-19H. The molecule has 6 aromatic carbocycles. The van der Waals surface area contributed by atoms with Crippen molar-refractivity contribution in [1.82, 2.24) is 4.98 Å². The second kappa shape index (κ2) is 12.9. The summed E-state index contributed by atoms with van der Waals surface area (Å²) in [6.45, 7) is 0. The van der Waals surface area contributed by atoms with Gasteiger partial charge in [0.15, 0.2) is 0 Å². The number of nitrogens with zero attached hydrogens (tertiary/aromatic N) is 1. The van der Waals surface area contributed by atoms with Crippen LogP contribution in [0.4, 0.5) is 5.69 Å². The number of fused-ring (bicyclic) bond motifs is 2. The molecular formula is C43H32N4. The maximum Gasteiger partial charge on any atom is 0.0795 e. The molecule has 0 saturated carbocycles. The van der Waals surface area contributed by atoms with Crippen LogP contribution in [0.15, 0.2) is 170 Å². The number of pyridine rings is 1. The van der Waals surface area contributed by atoms with Gasteiger partial charge in [-0.3, -0.25) is 15.8 Å². The predicted molar refractivity (Wildman–Crippen MR) is 199 cm³/mol. The number of rotatable bonds is 4. The Balaban J connectivity index is 0.000000157. The van der Waals surface area contributed by atoms with Crippen LogP contribution in [0, 0.1) is 10.8 Å². The lowest BCUT2D eigenvalue weighted by atomic mass is 9.86. The lowest BCUT2D eigenvalue weighted by Gasteiger charge is -2.17. The third-order valence-corrected chi connectivity index (χ3v) is 8.39. The monoisotopic (exact) mass is 604 g/mol. The van der Waals surface area contributed by atoms with E-state index >= 15 is 0 Å². The van der Waals surface area contributed by atoms with Crippen LogP contribution in [0.25, 0.3) is 60.6 Å². The zero-order chi connectivity index (χ0) is 32.2. The number of hydrogen-bond donors (Lipinski definition) is 3. The molecule has 4 N–H and O–H groups in total. The molecule has 1 aromatic heterocycles. The molecule has 8 rings (SSSR count). The van der Waals surface area contributed by atoms with Crippen molar-refractivity contribution in [3.05, 3.63) is 176 Å². The molecule has 0 bridgehead atoms. The van der Waals surface area contributed by atoms with Crippen molar-refractivity contribution in [3.63, 3.8) is 0 Å². The molecule has 4 nitrogen and oxygen atoms in total. The van der Waals surface area contributed by atoms with Crippen LogP contribution >= 0.6 is 0 Å². The van der Waals surface area contributed by atoms with Gasteiger partial charge in [-0.2, -0.15) is 0 Å². The topological polar surface area (TPSA) is 86.6 Å². The Morgan fingerprint density at radius 1 is 0.426 bits per heavy atom. The molecule has 1 aliphatic rings. The molecule has 4 heteroatoms. The van der Waals surface area contributed by atoms with Crippen LogP contribution in [-0.2, 0) is 0 Å². The van der Waals surface area contributed by atoms with Crippen LogP contribution < -0.4 is 5.73 Å². The largest absolute Gasteiger partial charge is 0.399 e. The molecule has 0 aliphatic heterocycles. The van der Waals surface area contributed by atoms with E-state index in [4.69, 9.17) is 16.6 Å². The summed E-state index contributed by atoms with van der Waals surface area (Å²) in [7, 11) is 0. The van der Waals surface area contributed by atoms with Crippen LogP contribution in [0.1, 0.15) is 5.56 Å². The minimum absolute atomic E-state index is 0.247. The van der Waals surface area contributed by atoms with Gasteiger partial charge in [-0.05, 0) is 91.4 Å². The van der Waals surface area contributed by atoms with E-state index in [0.29, 0.717) is 0 Å². The molecule has 224 valence electrons. The van der Waals surface area contributed by atoms with E-state index in [2.05, 4.69) is 96.0 Å². The first-order valence-electron chi connectivity index (χ1n) is 15.5. The van der Waals surface area contributed by atoms with Crippen molar-refractivity contribution in [3.8, 4) is 33.5 Å². The smallest absolute Gasteiger partial charge is 0.0795 e. The van der Waals surface area contributed by atoms with E-state index in [0.717, 1.165) is 28.1 Å². The Bertz CT molecular complexity index is 2240. The fourth-order valence-electron chi connectivity index (χ4n) is 6.10. The van der Waals surface area contributed by atoms with Gasteiger partial charge in [-0.15, -0.1) is 0 Å². The molecule has 0 amide bonds. The van der Waals surface area contributed by atoms with Crippen LogP contribution in [0.2, 0.25) is 0 Å². The van der Waals surface area contributed by atoms with Crippen molar-refractivity contribution >= 4 is 44.2 Å². The number of hydrogen-bond acceptors (Lipinski definition) is 4. The summed E-state index contributed by atoms with van der Waals surface area (Å²) in [5.41, 5.74) is 16.2. The highest BCUT2D eigenvalue weighted by atomic mass is 14.7. The van der Waals surface area contributed by atoms with Gasteiger partial charge < -0.3 is 5.73 Å². The lowest BCUT2D eigenvalue weighted by Crippen LogP contribution is -2.09. The number of nitrogens with one attached hydrogen (secondary N) is 2. The normalized spacial score (nSPS) is 12.5. The molecule has 47 heavy (non-hydrogen) atoms. The number of nitrogens with two attached hydrogens (primary N) is 1. The molecule has 0 fully saturated rings. The first-order valence-corrected chi connectivity index (χ1v) is 15.5. The zero-order valence-electron chi connectivity index (χ0n) is 25.7. The van der Waals surface area contributed by atoms with Crippen molar-refractivity contribution in [2.75, 3.05) is 5.73 Å². The minimum Gasteiger partial charge on any atom is -0.399 e. The molecule has 0 saturated heterocycles. The highest BCUT2D eigenvalue weighted by Crippen LogP contribution is 2.43. The molecule has 0 unspecified atom stereocenters. The van der Waals surface area contributed by atoms with E-state index in [9.17, 15) is 0 Å². The fraction of sp³-hybridized carbons (Fsp3) is 0. The van der Waals surface area contributed by atoms with E-state index in [1.165, 1.54) is 43.8 Å². The maximum atomic E-state index is 7.69. The third kappa shape index (κ3) is 6.00. The Morgan fingerprint density at radius 3 is 1.45 bits per heavy atom. The lowest BCUT2D eigenvalue weighted by molar-refractivity contribution is 1.33. The molecule has 0 atom stereocenters. The average Bonchev–Trinajstić information content (AvgIpc) is 3.13. The van der Waals surface area contributed by atoms with E-state index in [1.54, 1.807) is 18.3 Å². The first kappa shape index (κ1) is 29.3. The summed E-state index contributed by atoms with van der Waals surface area (Å²) in [4.78, 5) is 4.32. The molecule has 0 radical (unpaired) electrons. The van der Waals surface area contributed by atoms with Crippen LogP contribution in [0.5, 0.6) is 0 Å². The van der Waals surface area contributed by atoms with Gasteiger partial charge in [0.2, 0.25) is 0 Å². The van der Waals surface area contributed by atoms with Crippen molar-refractivity contribution < 1.29 is 0 Å². The van der Waals surface area contributed by atoms with Gasteiger partial charge in [0, 0.05) is 17.4 Å². The van der Waals surface area contributed by atoms with Crippen LogP contribution in [0.3, 0.4) is 0 Å². The fourth-order valence-corrected chi connectivity index (χ4v) is 6.10. The minimum atomic E-state index is 0.247. The molecular weight excluding hydrogens is 573 g/mol. The summed E-state index contributed by atoms with van der Waals surface area (Å²) < 4.78 is 0. The van der Waals surface area contributed by atoms with Gasteiger partial charge in [-0.25, -0.2) is 0 Å². The SMILES string of the molecule is N=C1C=CC(c2ccc(-c3ccccn3)cc2)=CC1=N.Nc1ccc(-c2c3ccccc3c(-c3ccccc3)c3ccccc23)cc1. The second-order valence-electron chi connectivity index (χ2n) is 11.4. The van der Waals surface area contributed by atoms with Crippen molar-refractivity contribution in [2.45, 2.75) is 0 Å². The van der Waals surface area contributed by atoms with E-state index in [1.807, 2.05) is 60.7 Å². The Hall–Kier alpha value is -6.39. The summed E-state index contributed by atoms with van der Waals surface area (Å²) in [6.07, 6.45) is 7.03. The van der Waals surface area contributed by atoms with E-state index < -0.39 is 0 Å². The highest BCUT2D eigenvalue weighted by Gasteiger charge is 2.16. The molecule has 1 heterocycles. The molecule has 0 spiro atoms. The number of nitrogen functional groups attached to an aromatic ring is 1. The summed E-state index contributed by atoms with van der Waals surface area (Å²) in [6, 6.07) is 50.1. The van der Waals surface area contributed by atoms with Gasteiger partial charge in [0.05, 0.1) is 17.1 Å². The number of benzene rings is 6. The number of allylic oxidation sites excluding steroid dienone is 4. The summed E-state index contributed by atoms with van der Waals surface area (Å²) in [5.74, 6) is 0. The Morgan fingerprint density at radius 2 is 0.915 bits per heavy atom. The highest BCUT2D eigenvalue weighted by molar-refractivity contribution is 6.50. The van der Waals surface area contributed by atoms with Crippen molar-refractivity contribution in [2.24, 2.45) is 0 Å². The summed E-state index contributed by atoms with van der Waals surface area (Å²) in [5, 5.41) is 20.3. The Kier molecular flexibility index (Phi) is 8.06. The summed E-state index contributed by atoms with van der Waals surface area (Å²) >= 11 is 0. The Labute approximate surface area is 274 Å². The molecule has 1 aliphatic carbocycles. The van der Waals surface area contributed by atoms with Gasteiger partial charge in [-0.1, -0.05) is 127 Å².